The lowest BCUT2D eigenvalue weighted by atomic mass is 10.1. The first-order valence-corrected chi connectivity index (χ1v) is 5.78. The number of benzene rings is 1. The molecule has 18 heavy (non-hydrogen) atoms. The topological polar surface area (TPSA) is 50.8 Å². The van der Waals surface area contributed by atoms with Crippen LogP contribution in [0.3, 0.4) is 0 Å². The fourth-order valence-electron chi connectivity index (χ4n) is 1.87. The highest BCUT2D eigenvalue weighted by Gasteiger charge is 2.08. The van der Waals surface area contributed by atoms with E-state index in [1.165, 1.54) is 5.56 Å². The number of rotatable bonds is 2. The molecule has 0 aliphatic carbocycles. The number of hydrogen-bond donors (Lipinski definition) is 1. The summed E-state index contributed by atoms with van der Waals surface area (Å²) in [4.78, 5) is 4.19. The van der Waals surface area contributed by atoms with E-state index in [4.69, 9.17) is 4.74 Å². The van der Waals surface area contributed by atoms with Crippen molar-refractivity contribution in [1.29, 1.82) is 0 Å². The molecule has 3 rings (SSSR count). The third-order valence-corrected chi connectivity index (χ3v) is 3.09. The van der Waals surface area contributed by atoms with Crippen molar-refractivity contribution in [2.75, 3.05) is 0 Å². The number of aryl methyl sites for hydroxylation is 1. The normalized spacial score (nSPS) is 10.8. The van der Waals surface area contributed by atoms with Crippen molar-refractivity contribution in [2.45, 2.75) is 13.8 Å². The zero-order valence-electron chi connectivity index (χ0n) is 10.3. The van der Waals surface area contributed by atoms with Gasteiger partial charge < -0.3 is 4.74 Å². The Labute approximate surface area is 105 Å². The minimum atomic E-state index is 0.734. The van der Waals surface area contributed by atoms with Crippen LogP contribution in [-0.2, 0) is 0 Å². The molecule has 0 aliphatic heterocycles. The number of nitrogens with one attached hydrogen (secondary N) is 1. The molecule has 3 aromatic rings. The zero-order chi connectivity index (χ0) is 12.5. The quantitative estimate of drug-likeness (QED) is 0.746. The summed E-state index contributed by atoms with van der Waals surface area (Å²) in [6.45, 7) is 4.13. The minimum Gasteiger partial charge on any atom is -0.456 e. The molecule has 0 bridgehead atoms. The van der Waals surface area contributed by atoms with Gasteiger partial charge in [-0.25, -0.2) is 4.98 Å². The van der Waals surface area contributed by atoms with E-state index in [9.17, 15) is 0 Å². The maximum absolute atomic E-state index is 5.96. The van der Waals surface area contributed by atoms with Gasteiger partial charge in [0.2, 0.25) is 0 Å². The van der Waals surface area contributed by atoms with Crippen LogP contribution in [0.1, 0.15) is 11.1 Å². The summed E-state index contributed by atoms with van der Waals surface area (Å²) in [5, 5.41) is 7.69. The predicted molar refractivity (Wildman–Crippen MR) is 69.9 cm³/mol. The van der Waals surface area contributed by atoms with Gasteiger partial charge in [-0.15, -0.1) is 0 Å². The van der Waals surface area contributed by atoms with E-state index in [1.54, 1.807) is 12.4 Å². The molecule has 0 atom stereocenters. The Morgan fingerprint density at radius 1 is 1.11 bits per heavy atom. The Morgan fingerprint density at radius 3 is 2.89 bits per heavy atom. The van der Waals surface area contributed by atoms with Crippen LogP contribution < -0.4 is 4.74 Å². The van der Waals surface area contributed by atoms with Crippen molar-refractivity contribution in [1.82, 2.24) is 15.2 Å². The molecule has 1 aromatic carbocycles. The number of hydrogen-bond acceptors (Lipinski definition) is 3. The molecule has 0 fully saturated rings. The Balaban J connectivity index is 2.06. The molecular formula is C14H13N3O. The van der Waals surface area contributed by atoms with E-state index >= 15 is 0 Å². The summed E-state index contributed by atoms with van der Waals surface area (Å²) < 4.78 is 5.96. The third-order valence-electron chi connectivity index (χ3n) is 3.09. The lowest BCUT2D eigenvalue weighted by Gasteiger charge is -2.10. The number of fused-ring (bicyclic) bond motifs is 1. The Hall–Kier alpha value is -2.36. The lowest BCUT2D eigenvalue weighted by molar-refractivity contribution is 0.483. The molecule has 2 aromatic heterocycles. The van der Waals surface area contributed by atoms with Gasteiger partial charge in [0.1, 0.15) is 11.5 Å². The monoisotopic (exact) mass is 239 g/mol. The Kier molecular flexibility index (Phi) is 2.48. The molecule has 90 valence electrons. The van der Waals surface area contributed by atoms with E-state index in [-0.39, 0.29) is 0 Å². The smallest absolute Gasteiger partial charge is 0.158 e. The maximum Gasteiger partial charge on any atom is 0.158 e. The second-order valence-corrected chi connectivity index (χ2v) is 4.24. The number of aromatic nitrogens is 3. The number of ether oxygens (including phenoxy) is 1. The molecule has 4 heteroatoms. The molecule has 0 saturated heterocycles. The van der Waals surface area contributed by atoms with Crippen LogP contribution in [0.2, 0.25) is 0 Å². The minimum absolute atomic E-state index is 0.734. The number of H-pyrrole nitrogens is 1. The molecular weight excluding hydrogens is 226 g/mol. The summed E-state index contributed by atoms with van der Waals surface area (Å²) in [6.07, 6.45) is 3.43. The van der Waals surface area contributed by atoms with Crippen molar-refractivity contribution in [3.8, 4) is 11.5 Å². The number of pyridine rings is 1. The van der Waals surface area contributed by atoms with Gasteiger partial charge in [0.05, 0.1) is 11.6 Å². The van der Waals surface area contributed by atoms with Gasteiger partial charge in [0.15, 0.2) is 5.65 Å². The van der Waals surface area contributed by atoms with Crippen LogP contribution in [0.4, 0.5) is 0 Å². The van der Waals surface area contributed by atoms with Gasteiger partial charge in [-0.2, -0.15) is 5.10 Å². The van der Waals surface area contributed by atoms with Crippen LogP contribution in [0.5, 0.6) is 11.5 Å². The summed E-state index contributed by atoms with van der Waals surface area (Å²) in [6, 6.07) is 7.88. The van der Waals surface area contributed by atoms with Gasteiger partial charge in [-0.05, 0) is 37.1 Å². The van der Waals surface area contributed by atoms with Crippen molar-refractivity contribution >= 4 is 11.0 Å². The molecule has 0 unspecified atom stereocenters. The van der Waals surface area contributed by atoms with Crippen molar-refractivity contribution in [3.63, 3.8) is 0 Å². The molecule has 0 spiro atoms. The van der Waals surface area contributed by atoms with Gasteiger partial charge in [-0.1, -0.05) is 12.1 Å². The van der Waals surface area contributed by atoms with Gasteiger partial charge >= 0.3 is 0 Å². The van der Waals surface area contributed by atoms with E-state index < -0.39 is 0 Å². The second kappa shape index (κ2) is 4.14. The van der Waals surface area contributed by atoms with E-state index in [1.807, 2.05) is 18.2 Å². The van der Waals surface area contributed by atoms with Gasteiger partial charge in [0, 0.05) is 6.20 Å². The largest absolute Gasteiger partial charge is 0.456 e. The van der Waals surface area contributed by atoms with E-state index in [0.29, 0.717) is 0 Å². The summed E-state index contributed by atoms with van der Waals surface area (Å²) in [7, 11) is 0. The summed E-state index contributed by atoms with van der Waals surface area (Å²) in [5.74, 6) is 1.63. The van der Waals surface area contributed by atoms with Gasteiger partial charge in [-0.3, -0.25) is 5.10 Å². The van der Waals surface area contributed by atoms with Crippen molar-refractivity contribution in [2.24, 2.45) is 0 Å². The van der Waals surface area contributed by atoms with Crippen LogP contribution in [0, 0.1) is 13.8 Å². The van der Waals surface area contributed by atoms with Crippen molar-refractivity contribution in [3.05, 3.63) is 47.8 Å². The van der Waals surface area contributed by atoms with Crippen LogP contribution in [0.15, 0.2) is 36.7 Å². The first-order chi connectivity index (χ1) is 8.75. The average molecular weight is 239 g/mol. The van der Waals surface area contributed by atoms with Gasteiger partial charge in [0.25, 0.3) is 0 Å². The zero-order valence-corrected chi connectivity index (χ0v) is 10.3. The Bertz CT molecular complexity index is 703. The molecule has 2 heterocycles. The lowest BCUT2D eigenvalue weighted by Crippen LogP contribution is -1.90. The molecule has 1 N–H and O–H groups in total. The van der Waals surface area contributed by atoms with Crippen LogP contribution in [0.25, 0.3) is 11.0 Å². The Morgan fingerprint density at radius 2 is 2.00 bits per heavy atom. The predicted octanol–water partition coefficient (Wildman–Crippen LogP) is 3.37. The second-order valence-electron chi connectivity index (χ2n) is 4.24. The summed E-state index contributed by atoms with van der Waals surface area (Å²) >= 11 is 0. The van der Waals surface area contributed by atoms with Crippen LogP contribution >= 0.6 is 0 Å². The maximum atomic E-state index is 5.96. The molecule has 0 aliphatic rings. The molecule has 0 saturated carbocycles. The first-order valence-electron chi connectivity index (χ1n) is 5.78. The first kappa shape index (κ1) is 10.8. The molecule has 0 radical (unpaired) electrons. The standard InChI is InChI=1S/C14H13N3O/c1-9-4-3-5-12(10(9)2)18-13-6-7-15-14-11(13)8-16-17-14/h3-8H,1-2H3,(H,15,16,17). The third kappa shape index (κ3) is 1.72. The number of nitrogens with zero attached hydrogens (tertiary/aromatic N) is 2. The van der Waals surface area contributed by atoms with E-state index in [0.717, 1.165) is 28.1 Å². The highest BCUT2D eigenvalue weighted by Crippen LogP contribution is 2.30. The summed E-state index contributed by atoms with van der Waals surface area (Å²) in [5.41, 5.74) is 3.09. The highest BCUT2D eigenvalue weighted by molar-refractivity contribution is 5.81. The molecule has 0 amide bonds. The average Bonchev–Trinajstić information content (AvgIpc) is 2.84. The van der Waals surface area contributed by atoms with Crippen molar-refractivity contribution < 1.29 is 4.74 Å². The fraction of sp³-hybridized carbons (Fsp3) is 0.143. The fourth-order valence-corrected chi connectivity index (χ4v) is 1.87. The highest BCUT2D eigenvalue weighted by atomic mass is 16.5. The molecule has 4 nitrogen and oxygen atoms in total. The van der Waals surface area contributed by atoms with E-state index in [2.05, 4.69) is 35.1 Å². The number of aromatic amines is 1. The SMILES string of the molecule is Cc1cccc(Oc2ccnc3[nH]ncc23)c1C. The van der Waals surface area contributed by atoms with Crippen LogP contribution in [-0.4, -0.2) is 15.2 Å².